The zero-order chi connectivity index (χ0) is 16.4. The summed E-state index contributed by atoms with van der Waals surface area (Å²) in [6, 6.07) is 0.307. The van der Waals surface area contributed by atoms with Gasteiger partial charge in [-0.2, -0.15) is 0 Å². The fourth-order valence-corrected chi connectivity index (χ4v) is 2.68. The van der Waals surface area contributed by atoms with Gasteiger partial charge in [0.25, 0.3) is 0 Å². The Balaban J connectivity index is 2.45. The van der Waals surface area contributed by atoms with Crippen molar-refractivity contribution in [1.82, 2.24) is 20.4 Å². The Labute approximate surface area is 135 Å². The van der Waals surface area contributed by atoms with Crippen LogP contribution in [0.3, 0.4) is 0 Å². The minimum atomic E-state index is 0.243. The Kier molecular flexibility index (Phi) is 8.89. The van der Waals surface area contributed by atoms with Gasteiger partial charge < -0.3 is 20.4 Å². The van der Waals surface area contributed by atoms with Gasteiger partial charge >= 0.3 is 0 Å². The van der Waals surface area contributed by atoms with E-state index in [1.165, 1.54) is 0 Å². The highest BCUT2D eigenvalue weighted by Crippen LogP contribution is 2.10. The van der Waals surface area contributed by atoms with Crippen LogP contribution < -0.4 is 10.6 Å². The molecule has 0 bridgehead atoms. The van der Waals surface area contributed by atoms with Crippen LogP contribution in [-0.4, -0.2) is 73.5 Å². The summed E-state index contributed by atoms with van der Waals surface area (Å²) in [4.78, 5) is 20.7. The van der Waals surface area contributed by atoms with Gasteiger partial charge in [-0.1, -0.05) is 20.8 Å². The molecule has 1 atom stereocenters. The zero-order valence-corrected chi connectivity index (χ0v) is 14.7. The molecule has 1 saturated heterocycles. The molecule has 1 aliphatic rings. The minimum Gasteiger partial charge on any atom is -0.357 e. The van der Waals surface area contributed by atoms with Crippen LogP contribution in [0.1, 0.15) is 40.5 Å². The number of carbonyl (C=O) groups excluding carboxylic acids is 1. The predicted molar refractivity (Wildman–Crippen MR) is 92.2 cm³/mol. The van der Waals surface area contributed by atoms with Gasteiger partial charge in [0.15, 0.2) is 5.96 Å². The number of guanidine groups is 1. The molecule has 1 aliphatic heterocycles. The molecule has 128 valence electrons. The molecule has 0 spiro atoms. The lowest BCUT2D eigenvalue weighted by Gasteiger charge is -2.20. The van der Waals surface area contributed by atoms with Crippen molar-refractivity contribution in [2.24, 2.45) is 4.99 Å². The largest absolute Gasteiger partial charge is 0.357 e. The van der Waals surface area contributed by atoms with Gasteiger partial charge in [0, 0.05) is 38.6 Å². The van der Waals surface area contributed by atoms with Crippen molar-refractivity contribution < 1.29 is 4.79 Å². The summed E-state index contributed by atoms with van der Waals surface area (Å²) in [5, 5.41) is 6.76. The third kappa shape index (κ3) is 6.22. The van der Waals surface area contributed by atoms with Crippen LogP contribution in [0.2, 0.25) is 0 Å². The molecule has 1 amide bonds. The van der Waals surface area contributed by atoms with Gasteiger partial charge in [-0.15, -0.1) is 0 Å². The van der Waals surface area contributed by atoms with E-state index in [1.54, 1.807) is 0 Å². The number of likely N-dealkylation sites (tertiary alicyclic amines) is 1. The van der Waals surface area contributed by atoms with Crippen molar-refractivity contribution in [2.75, 3.05) is 45.8 Å². The summed E-state index contributed by atoms with van der Waals surface area (Å²) in [5.74, 6) is 1.11. The third-order valence-electron chi connectivity index (χ3n) is 4.11. The second-order valence-electron chi connectivity index (χ2n) is 5.61. The van der Waals surface area contributed by atoms with E-state index in [2.05, 4.69) is 41.3 Å². The summed E-state index contributed by atoms with van der Waals surface area (Å²) >= 11 is 0. The molecule has 22 heavy (non-hydrogen) atoms. The standard InChI is InChI=1S/C16H33N5O/c1-5-15(22)21-11-9-14(13-21)19-16(17-6-2)18-10-12-20(7-3)8-4/h14H,5-13H2,1-4H3,(H2,17,18,19). The average Bonchev–Trinajstić information content (AvgIpc) is 2.99. The van der Waals surface area contributed by atoms with E-state index in [4.69, 9.17) is 0 Å². The first kappa shape index (κ1) is 18.7. The number of hydrogen-bond acceptors (Lipinski definition) is 3. The highest BCUT2D eigenvalue weighted by Gasteiger charge is 2.25. The van der Waals surface area contributed by atoms with Crippen LogP contribution in [-0.2, 0) is 4.79 Å². The highest BCUT2D eigenvalue weighted by molar-refractivity contribution is 5.80. The molecule has 1 rings (SSSR count). The highest BCUT2D eigenvalue weighted by atomic mass is 16.2. The molecule has 1 fully saturated rings. The smallest absolute Gasteiger partial charge is 0.222 e. The summed E-state index contributed by atoms with van der Waals surface area (Å²) in [5.41, 5.74) is 0. The first-order valence-electron chi connectivity index (χ1n) is 8.69. The van der Waals surface area contributed by atoms with Crippen LogP contribution in [0.4, 0.5) is 0 Å². The van der Waals surface area contributed by atoms with Crippen molar-refractivity contribution in [2.45, 2.75) is 46.6 Å². The SMILES string of the molecule is CCNC(=NCCN(CC)CC)NC1CCN(C(=O)CC)C1. The van der Waals surface area contributed by atoms with Gasteiger partial charge in [-0.3, -0.25) is 9.79 Å². The van der Waals surface area contributed by atoms with Crippen LogP contribution >= 0.6 is 0 Å². The molecule has 0 radical (unpaired) electrons. The third-order valence-corrected chi connectivity index (χ3v) is 4.11. The van der Waals surface area contributed by atoms with Crippen LogP contribution in [0.25, 0.3) is 0 Å². The van der Waals surface area contributed by atoms with Crippen LogP contribution in [0.5, 0.6) is 0 Å². The molecular weight excluding hydrogens is 278 g/mol. The fourth-order valence-electron chi connectivity index (χ4n) is 2.68. The van der Waals surface area contributed by atoms with Gasteiger partial charge in [-0.25, -0.2) is 0 Å². The number of amides is 1. The minimum absolute atomic E-state index is 0.243. The van der Waals surface area contributed by atoms with Crippen LogP contribution in [0, 0.1) is 0 Å². The lowest BCUT2D eigenvalue weighted by molar-refractivity contribution is -0.129. The molecular formula is C16H33N5O. The van der Waals surface area contributed by atoms with Crippen molar-refractivity contribution >= 4 is 11.9 Å². The Bertz CT molecular complexity index is 354. The van der Waals surface area contributed by atoms with E-state index >= 15 is 0 Å². The van der Waals surface area contributed by atoms with E-state index in [0.29, 0.717) is 12.5 Å². The lowest BCUT2D eigenvalue weighted by atomic mass is 10.3. The molecule has 2 N–H and O–H groups in total. The molecule has 6 nitrogen and oxygen atoms in total. The maximum absolute atomic E-state index is 11.7. The number of carbonyl (C=O) groups is 1. The summed E-state index contributed by atoms with van der Waals surface area (Å²) in [6.07, 6.45) is 1.58. The van der Waals surface area contributed by atoms with E-state index in [9.17, 15) is 4.79 Å². The molecule has 0 saturated carbocycles. The zero-order valence-electron chi connectivity index (χ0n) is 14.7. The predicted octanol–water partition coefficient (Wildman–Crippen LogP) is 0.894. The number of likely N-dealkylation sites (N-methyl/N-ethyl adjacent to an activating group) is 1. The number of rotatable bonds is 8. The van der Waals surface area contributed by atoms with Crippen molar-refractivity contribution in [1.29, 1.82) is 0 Å². The molecule has 0 aromatic heterocycles. The van der Waals surface area contributed by atoms with Gasteiger partial charge in [0.05, 0.1) is 6.54 Å². The Morgan fingerprint density at radius 1 is 1.27 bits per heavy atom. The summed E-state index contributed by atoms with van der Waals surface area (Å²) < 4.78 is 0. The van der Waals surface area contributed by atoms with Crippen molar-refractivity contribution in [3.8, 4) is 0 Å². The van der Waals surface area contributed by atoms with E-state index in [-0.39, 0.29) is 5.91 Å². The number of nitrogens with one attached hydrogen (secondary N) is 2. The average molecular weight is 311 g/mol. The molecule has 0 aliphatic carbocycles. The quantitative estimate of drug-likeness (QED) is 0.516. The van der Waals surface area contributed by atoms with E-state index < -0.39 is 0 Å². The van der Waals surface area contributed by atoms with Crippen molar-refractivity contribution in [3.05, 3.63) is 0 Å². The maximum Gasteiger partial charge on any atom is 0.222 e. The first-order valence-corrected chi connectivity index (χ1v) is 8.69. The lowest BCUT2D eigenvalue weighted by Crippen LogP contribution is -2.45. The summed E-state index contributed by atoms with van der Waals surface area (Å²) in [7, 11) is 0. The normalized spacial score (nSPS) is 18.9. The Morgan fingerprint density at radius 3 is 2.59 bits per heavy atom. The topological polar surface area (TPSA) is 60.0 Å². The van der Waals surface area contributed by atoms with Gasteiger partial charge in [-0.05, 0) is 26.4 Å². The van der Waals surface area contributed by atoms with Gasteiger partial charge in [0.1, 0.15) is 0 Å². The second-order valence-corrected chi connectivity index (χ2v) is 5.61. The monoisotopic (exact) mass is 311 g/mol. The molecule has 0 aromatic rings. The van der Waals surface area contributed by atoms with Crippen molar-refractivity contribution in [3.63, 3.8) is 0 Å². The fraction of sp³-hybridized carbons (Fsp3) is 0.875. The number of nitrogens with zero attached hydrogens (tertiary/aromatic N) is 3. The van der Waals surface area contributed by atoms with E-state index in [0.717, 1.165) is 58.2 Å². The molecule has 0 aromatic carbocycles. The summed E-state index contributed by atoms with van der Waals surface area (Å²) in [6.45, 7) is 14.7. The molecule has 1 unspecified atom stereocenters. The Morgan fingerprint density at radius 2 is 2.00 bits per heavy atom. The molecule has 6 heteroatoms. The van der Waals surface area contributed by atoms with E-state index in [1.807, 2.05) is 11.8 Å². The molecule has 1 heterocycles. The first-order chi connectivity index (χ1) is 10.6. The van der Waals surface area contributed by atoms with Gasteiger partial charge in [0.2, 0.25) is 5.91 Å². The second kappa shape index (κ2) is 10.4. The number of aliphatic imine (C=N–C) groups is 1. The number of hydrogen-bond donors (Lipinski definition) is 2. The van der Waals surface area contributed by atoms with Crippen LogP contribution in [0.15, 0.2) is 4.99 Å². The Hall–Kier alpha value is -1.30. The maximum atomic E-state index is 11.7.